The van der Waals surface area contributed by atoms with Gasteiger partial charge in [0, 0.05) is 12.3 Å². The average molecular weight is 235 g/mol. The molecule has 0 bridgehead atoms. The average Bonchev–Trinajstić information content (AvgIpc) is 2.76. The van der Waals surface area contributed by atoms with Crippen LogP contribution in [0.5, 0.6) is 0 Å². The second kappa shape index (κ2) is 5.19. The van der Waals surface area contributed by atoms with Gasteiger partial charge in [-0.2, -0.15) is 0 Å². The molecule has 2 rings (SSSR count). The summed E-state index contributed by atoms with van der Waals surface area (Å²) < 4.78 is 4.89. The number of benzene rings is 1. The fraction of sp³-hybridized carbons (Fsp3) is 0.462. The largest absolute Gasteiger partial charge is 0.447 e. The highest BCUT2D eigenvalue weighted by molar-refractivity contribution is 5.89. The third-order valence-electron chi connectivity index (χ3n) is 3.10. The van der Waals surface area contributed by atoms with Crippen LogP contribution >= 0.6 is 0 Å². The normalized spacial score (nSPS) is 17.1. The molecule has 1 amide bonds. The van der Waals surface area contributed by atoms with Crippen LogP contribution in [-0.4, -0.2) is 31.0 Å². The number of carbonyl (C=O) groups excluding carboxylic acids is 1. The quantitative estimate of drug-likeness (QED) is 0.869. The van der Waals surface area contributed by atoms with E-state index in [4.69, 9.17) is 9.84 Å². The summed E-state index contributed by atoms with van der Waals surface area (Å²) in [6, 6.07) is 7.86. The lowest BCUT2D eigenvalue weighted by Gasteiger charge is -2.15. The van der Waals surface area contributed by atoms with Crippen molar-refractivity contribution in [2.45, 2.75) is 19.3 Å². The van der Waals surface area contributed by atoms with Crippen molar-refractivity contribution in [1.29, 1.82) is 0 Å². The monoisotopic (exact) mass is 235 g/mol. The van der Waals surface area contributed by atoms with Gasteiger partial charge in [-0.25, -0.2) is 4.79 Å². The molecule has 0 unspecified atom stereocenters. The van der Waals surface area contributed by atoms with E-state index in [1.165, 1.54) is 5.56 Å². The van der Waals surface area contributed by atoms with Gasteiger partial charge in [0.25, 0.3) is 0 Å². The van der Waals surface area contributed by atoms with Crippen LogP contribution in [0.4, 0.5) is 10.5 Å². The van der Waals surface area contributed by atoms with Gasteiger partial charge in [-0.05, 0) is 30.0 Å². The van der Waals surface area contributed by atoms with Crippen LogP contribution in [0, 0.1) is 0 Å². The molecule has 1 heterocycles. The van der Waals surface area contributed by atoms with Crippen LogP contribution in [0.1, 0.15) is 24.8 Å². The Morgan fingerprint density at radius 3 is 2.65 bits per heavy atom. The van der Waals surface area contributed by atoms with Gasteiger partial charge < -0.3 is 9.84 Å². The molecule has 0 radical (unpaired) electrons. The van der Waals surface area contributed by atoms with Gasteiger partial charge in [-0.3, -0.25) is 4.90 Å². The Morgan fingerprint density at radius 2 is 2.12 bits per heavy atom. The van der Waals surface area contributed by atoms with Crippen LogP contribution < -0.4 is 4.90 Å². The number of rotatable bonds is 4. The molecular formula is C13H17NO3. The van der Waals surface area contributed by atoms with E-state index in [9.17, 15) is 4.79 Å². The maximum Gasteiger partial charge on any atom is 0.414 e. The Balaban J connectivity index is 2.10. The second-order valence-corrected chi connectivity index (χ2v) is 4.27. The smallest absolute Gasteiger partial charge is 0.414 e. The summed E-state index contributed by atoms with van der Waals surface area (Å²) in [5.41, 5.74) is 2.04. The second-order valence-electron chi connectivity index (χ2n) is 4.27. The highest BCUT2D eigenvalue weighted by Gasteiger charge is 2.23. The van der Waals surface area contributed by atoms with Crippen molar-refractivity contribution in [1.82, 2.24) is 0 Å². The Bertz CT molecular complexity index is 388. The maximum absolute atomic E-state index is 11.4. The summed E-state index contributed by atoms with van der Waals surface area (Å²) in [6.45, 7) is 3.35. The number of nitrogens with zero attached hydrogens (tertiary/aromatic N) is 1. The van der Waals surface area contributed by atoms with E-state index in [2.05, 4.69) is 6.92 Å². The molecule has 92 valence electrons. The predicted molar refractivity (Wildman–Crippen MR) is 65.3 cm³/mol. The van der Waals surface area contributed by atoms with Crippen molar-refractivity contribution in [2.24, 2.45) is 0 Å². The van der Waals surface area contributed by atoms with Crippen LogP contribution in [0.25, 0.3) is 0 Å². The molecular weight excluding hydrogens is 218 g/mol. The lowest BCUT2D eigenvalue weighted by atomic mass is 9.98. The van der Waals surface area contributed by atoms with E-state index < -0.39 is 0 Å². The van der Waals surface area contributed by atoms with E-state index in [0.717, 1.165) is 12.1 Å². The Morgan fingerprint density at radius 1 is 1.41 bits per heavy atom. The third kappa shape index (κ3) is 2.58. The molecule has 0 aliphatic carbocycles. The zero-order chi connectivity index (χ0) is 12.3. The molecule has 1 aliphatic rings. The summed E-state index contributed by atoms with van der Waals surface area (Å²) in [4.78, 5) is 13.0. The summed E-state index contributed by atoms with van der Waals surface area (Å²) in [7, 11) is 0. The number of aliphatic hydroxyl groups excluding tert-OH is 1. The molecule has 1 N–H and O–H groups in total. The minimum atomic E-state index is -0.277. The van der Waals surface area contributed by atoms with Crippen LogP contribution in [0.3, 0.4) is 0 Å². The molecule has 4 nitrogen and oxygen atoms in total. The minimum Gasteiger partial charge on any atom is -0.447 e. The molecule has 17 heavy (non-hydrogen) atoms. The zero-order valence-electron chi connectivity index (χ0n) is 9.93. The van der Waals surface area contributed by atoms with E-state index in [0.29, 0.717) is 19.1 Å². The molecule has 1 saturated heterocycles. The maximum atomic E-state index is 11.4. The lowest BCUT2D eigenvalue weighted by Crippen LogP contribution is -2.23. The van der Waals surface area contributed by atoms with Crippen molar-refractivity contribution in [2.75, 3.05) is 24.7 Å². The summed E-state index contributed by atoms with van der Waals surface area (Å²) in [5.74, 6) is 0.333. The summed E-state index contributed by atoms with van der Waals surface area (Å²) >= 11 is 0. The number of carbonyl (C=O) groups is 1. The lowest BCUT2D eigenvalue weighted by molar-refractivity contribution is 0.181. The number of hydrogen-bond donors (Lipinski definition) is 1. The zero-order valence-corrected chi connectivity index (χ0v) is 9.93. The fourth-order valence-electron chi connectivity index (χ4n) is 1.97. The Kier molecular flexibility index (Phi) is 3.64. The van der Waals surface area contributed by atoms with Gasteiger partial charge in [0.05, 0.1) is 6.54 Å². The van der Waals surface area contributed by atoms with Crippen molar-refractivity contribution >= 4 is 11.8 Å². The van der Waals surface area contributed by atoms with Gasteiger partial charge in [0.1, 0.15) is 6.61 Å². The number of cyclic esters (lactones) is 1. The SMILES string of the molecule is C[C@H](CCO)c1ccc(N2CCOC2=O)cc1. The first-order valence-corrected chi connectivity index (χ1v) is 5.87. The summed E-state index contributed by atoms with van der Waals surface area (Å²) in [6.07, 6.45) is 0.478. The highest BCUT2D eigenvalue weighted by Crippen LogP contribution is 2.24. The standard InChI is InChI=1S/C13H17NO3/c1-10(6-8-15)11-2-4-12(5-3-11)14-7-9-17-13(14)16/h2-5,10,15H,6-9H2,1H3/t10-/m1/s1. The first-order valence-electron chi connectivity index (χ1n) is 5.87. The molecule has 0 spiro atoms. The van der Waals surface area contributed by atoms with Crippen LogP contribution in [0.15, 0.2) is 24.3 Å². The summed E-state index contributed by atoms with van der Waals surface area (Å²) in [5, 5.41) is 8.89. The topological polar surface area (TPSA) is 49.8 Å². The molecule has 4 heteroatoms. The van der Waals surface area contributed by atoms with Crippen molar-refractivity contribution in [3.63, 3.8) is 0 Å². The van der Waals surface area contributed by atoms with Crippen LogP contribution in [-0.2, 0) is 4.74 Å². The molecule has 1 atom stereocenters. The molecule has 1 aromatic rings. The predicted octanol–water partition coefficient (Wildman–Crippen LogP) is 2.13. The number of anilines is 1. The van der Waals surface area contributed by atoms with E-state index in [-0.39, 0.29) is 12.7 Å². The van der Waals surface area contributed by atoms with Gasteiger partial charge in [-0.1, -0.05) is 19.1 Å². The van der Waals surface area contributed by atoms with Crippen molar-refractivity contribution in [3.8, 4) is 0 Å². The molecule has 1 fully saturated rings. The molecule has 0 aromatic heterocycles. The first kappa shape index (κ1) is 11.9. The van der Waals surface area contributed by atoms with Crippen molar-refractivity contribution < 1.29 is 14.6 Å². The van der Waals surface area contributed by atoms with E-state index >= 15 is 0 Å². The Hall–Kier alpha value is -1.55. The first-order chi connectivity index (χ1) is 8.22. The molecule has 1 aromatic carbocycles. The number of ether oxygens (including phenoxy) is 1. The fourth-order valence-corrected chi connectivity index (χ4v) is 1.97. The molecule has 1 aliphatic heterocycles. The number of hydrogen-bond acceptors (Lipinski definition) is 3. The number of aliphatic hydroxyl groups is 1. The highest BCUT2D eigenvalue weighted by atomic mass is 16.6. The van der Waals surface area contributed by atoms with Gasteiger partial charge in [0.15, 0.2) is 0 Å². The van der Waals surface area contributed by atoms with Gasteiger partial charge in [0.2, 0.25) is 0 Å². The van der Waals surface area contributed by atoms with Crippen molar-refractivity contribution in [3.05, 3.63) is 29.8 Å². The van der Waals surface area contributed by atoms with Crippen LogP contribution in [0.2, 0.25) is 0 Å². The van der Waals surface area contributed by atoms with Gasteiger partial charge >= 0.3 is 6.09 Å². The van der Waals surface area contributed by atoms with E-state index in [1.54, 1.807) is 4.90 Å². The van der Waals surface area contributed by atoms with E-state index in [1.807, 2.05) is 24.3 Å². The Labute approximate surface area is 101 Å². The number of amides is 1. The minimum absolute atomic E-state index is 0.196. The molecule has 0 saturated carbocycles. The van der Waals surface area contributed by atoms with Gasteiger partial charge in [-0.15, -0.1) is 0 Å². The third-order valence-corrected chi connectivity index (χ3v) is 3.10.